The number of halogens is 10. The van der Waals surface area contributed by atoms with Crippen molar-refractivity contribution in [1.82, 2.24) is 57.2 Å². The zero-order chi connectivity index (χ0) is 102. The third-order valence-corrected chi connectivity index (χ3v) is 22.5. The van der Waals surface area contributed by atoms with Crippen molar-refractivity contribution < 1.29 is 218 Å². The van der Waals surface area contributed by atoms with Crippen molar-refractivity contribution >= 4 is 52.3 Å². The number of nitrogens with one attached hydrogen (secondary N) is 7. The van der Waals surface area contributed by atoms with E-state index in [1.807, 2.05) is 0 Å². The number of aromatic hydroxyl groups is 1. The molecule has 6 aliphatic rings. The number of alkyl halides is 9. The average Bonchev–Trinajstić information content (AvgIpc) is 1.60. The molecule has 4 saturated heterocycles. The van der Waals surface area contributed by atoms with Gasteiger partial charge in [-0.15, -0.1) is 5.10 Å². The van der Waals surface area contributed by atoms with Crippen LogP contribution >= 0.6 is 0 Å². The molecule has 0 spiro atoms. The van der Waals surface area contributed by atoms with Gasteiger partial charge in [0, 0.05) is 69.6 Å². The van der Waals surface area contributed by atoms with E-state index in [0.29, 0.717) is 33.7 Å². The summed E-state index contributed by atoms with van der Waals surface area (Å²) in [5.74, 6) is -9.73. The van der Waals surface area contributed by atoms with Crippen LogP contribution in [0.3, 0.4) is 0 Å². The molecular weight excluding hydrogens is 1940 g/mol. The Balaban J connectivity index is 0.646. The third kappa shape index (κ3) is 35.5. The van der Waals surface area contributed by atoms with Crippen molar-refractivity contribution in [2.45, 2.75) is 159 Å². The van der Waals surface area contributed by atoms with Gasteiger partial charge in [-0.1, -0.05) is 11.3 Å². The van der Waals surface area contributed by atoms with E-state index < -0.39 is 167 Å². The molecule has 6 heterocycles. The van der Waals surface area contributed by atoms with Gasteiger partial charge < -0.3 is 158 Å². The molecule has 6 bridgehead atoms. The van der Waals surface area contributed by atoms with E-state index in [-0.39, 0.29) is 276 Å². The predicted octanol–water partition coefficient (Wildman–Crippen LogP) is -2.51. The maximum atomic E-state index is 14.2. The molecule has 57 heteroatoms. The van der Waals surface area contributed by atoms with Crippen molar-refractivity contribution in [3.05, 3.63) is 60.5 Å². The highest BCUT2D eigenvalue weighted by Crippen LogP contribution is 2.44. The zero-order valence-electron chi connectivity index (χ0n) is 76.9. The van der Waals surface area contributed by atoms with E-state index in [1.165, 1.54) is 16.8 Å². The number of pyridine rings is 1. The molecule has 0 radical (unpaired) electrons. The lowest BCUT2D eigenvalue weighted by molar-refractivity contribution is -0.341. The number of phenols is 1. The Kier molecular flexibility index (Phi) is 45.9. The van der Waals surface area contributed by atoms with Crippen LogP contribution in [0.25, 0.3) is 28.0 Å². The number of benzene rings is 2. The van der Waals surface area contributed by atoms with Gasteiger partial charge in [0.25, 0.3) is 0 Å². The molecule has 6 fully saturated rings. The Morgan fingerprint density at radius 1 is 0.437 bits per heavy atom. The highest BCUT2D eigenvalue weighted by Gasteiger charge is 2.64. The van der Waals surface area contributed by atoms with Gasteiger partial charge >= 0.3 is 36.3 Å². The minimum Gasteiger partial charge on any atom is -0.505 e. The molecule has 1 unspecified atom stereocenters. The molecule has 15 atom stereocenters. The number of hydrogen-bond donors (Lipinski definition) is 14. The Morgan fingerprint density at radius 3 is 1.27 bits per heavy atom. The van der Waals surface area contributed by atoms with Gasteiger partial charge in [0.05, 0.1) is 247 Å². The number of rotatable bonds is 68. The smallest absolute Gasteiger partial charge is 0.471 e. The summed E-state index contributed by atoms with van der Waals surface area (Å²) in [6.45, 7) is -0.610. The second-order valence-electron chi connectivity index (χ2n) is 33.3. The number of amides is 7. The number of nitrogens with zero attached hydrogens (tertiary/aromatic N) is 4. The van der Waals surface area contributed by atoms with Gasteiger partial charge in [0.2, 0.25) is 23.6 Å². The molecular formula is C85H119F10N11O36. The van der Waals surface area contributed by atoms with Gasteiger partial charge in [0.1, 0.15) is 77.5 Å². The van der Waals surface area contributed by atoms with Crippen LogP contribution < -0.4 is 42.0 Å². The van der Waals surface area contributed by atoms with Gasteiger partial charge in [-0.3, -0.25) is 33.6 Å². The zero-order valence-corrected chi connectivity index (χ0v) is 76.9. The number of aliphatic hydroxyl groups excluding tert-OH is 6. The maximum absolute atomic E-state index is 14.2. The number of hydrogen-bond acceptors (Lipinski definition) is 39. The first-order chi connectivity index (χ1) is 67.9. The van der Waals surface area contributed by atoms with Crippen LogP contribution in [0, 0.1) is 5.82 Å². The van der Waals surface area contributed by atoms with Crippen molar-refractivity contribution in [2.75, 3.05) is 231 Å². The normalized spacial score (nSPS) is 24.2. The van der Waals surface area contributed by atoms with Gasteiger partial charge in [-0.2, -0.15) is 39.5 Å². The van der Waals surface area contributed by atoms with E-state index in [0.717, 1.165) is 6.07 Å². The molecule has 2 saturated carbocycles. The van der Waals surface area contributed by atoms with E-state index in [1.54, 1.807) is 52.5 Å². The first-order valence-corrected chi connectivity index (χ1v) is 45.4. The number of aromatic nitrogens is 4. The first-order valence-electron chi connectivity index (χ1n) is 45.4. The molecule has 4 aromatic rings. The molecule has 10 rings (SSSR count). The molecule has 4 aliphatic heterocycles. The summed E-state index contributed by atoms with van der Waals surface area (Å²) < 4.78 is 233. The highest BCUT2D eigenvalue weighted by atomic mass is 19.4. The Hall–Kier alpha value is -8.90. The van der Waals surface area contributed by atoms with E-state index in [9.17, 15) is 113 Å². The van der Waals surface area contributed by atoms with Crippen molar-refractivity contribution in [2.24, 2.45) is 0 Å². The van der Waals surface area contributed by atoms with Crippen LogP contribution in [0.15, 0.2) is 54.7 Å². The first kappa shape index (κ1) is 115. The van der Waals surface area contributed by atoms with Crippen molar-refractivity contribution in [3.8, 4) is 28.6 Å². The number of carbonyl (C=O) groups excluding carboxylic acids is 7. The van der Waals surface area contributed by atoms with E-state index in [4.69, 9.17) is 110 Å². The van der Waals surface area contributed by atoms with Gasteiger partial charge in [0.15, 0.2) is 29.1 Å². The molecule has 2 aromatic carbocycles. The lowest BCUT2D eigenvalue weighted by atomic mass is 9.77. The number of ether oxygens (including phenoxy) is 18. The fourth-order valence-electron chi connectivity index (χ4n) is 15.1. The molecule has 2 aliphatic carbocycles. The summed E-state index contributed by atoms with van der Waals surface area (Å²) in [5, 5.41) is 98.2. The lowest BCUT2D eigenvalue weighted by Gasteiger charge is -2.42. The van der Waals surface area contributed by atoms with Crippen LogP contribution in [-0.2, 0) is 134 Å². The highest BCUT2D eigenvalue weighted by molar-refractivity contribution is 5.84. The van der Waals surface area contributed by atoms with Crippen molar-refractivity contribution in [3.63, 3.8) is 0 Å². The predicted molar refractivity (Wildman–Crippen MR) is 455 cm³/mol. The number of aliphatic hydroxyl groups is 6. The fraction of sp³-hybridized carbons (Fsp3) is 0.718. The fourth-order valence-corrected chi connectivity index (χ4v) is 15.1. The van der Waals surface area contributed by atoms with Crippen LogP contribution in [0.4, 0.5) is 43.9 Å². The summed E-state index contributed by atoms with van der Waals surface area (Å²) in [4.78, 5) is 113. The summed E-state index contributed by atoms with van der Waals surface area (Å²) in [5.41, 5.74) is -4.66. The topological polar surface area (TPSA) is 592 Å². The third-order valence-electron chi connectivity index (χ3n) is 22.5. The average molecular weight is 2060 g/mol. The van der Waals surface area contributed by atoms with Crippen LogP contribution in [0.2, 0.25) is 0 Å². The maximum Gasteiger partial charge on any atom is 0.471 e. The second-order valence-corrected chi connectivity index (χ2v) is 33.3. The van der Waals surface area contributed by atoms with E-state index in [2.05, 4.69) is 31.6 Å². The summed E-state index contributed by atoms with van der Waals surface area (Å²) in [7, 11) is 0. The van der Waals surface area contributed by atoms with Crippen molar-refractivity contribution in [1.29, 1.82) is 0 Å². The van der Waals surface area contributed by atoms with Crippen LogP contribution in [0.5, 0.6) is 11.5 Å². The minimum atomic E-state index is -5.25. The standard InChI is InChI=1S/C85H119F10N11O36/c86-55-41-53(4-8-59(55)107)106-44-58(104-105-106)57-6-3-52-40-54(5-7-56(52)99-57)136-15-1-2-65(111)103-79(45-130-16-9-62(108)96-12-19-121-22-25-124-28-31-127-34-37-133-48-80-42-60(139-141-80)66(69(112)72(80)115)100-76(118)83(87,88)89,46-131-17-10-63(109)97-13-20-122-23-26-125-29-32-128-35-38-134-49-81-43-61(140-142-81)67(70(113)73(81)116)101-77(119)84(90,91)92)47-132-18-11-64(110)98-14-21-123-24-27-126-30-33-129-36-39-135-50-82-51-137-75(138-82)68(71(114)74(82)117)102-78(120)85(93,94)95/h3-8,40-41,44,60-61,66-75,107,112-117H,1-2,9-39,42-43,45-51H2,(H,96,108)(H,97,109)(H,98,110)(H,100,118)(H,101,119)(H,102,120)(H,103,111)/t60-,61-,66-,67-,68+,69+,70+,71+,72+,73+,74+,75?,80-,81-,82-/m0/s1. The number of carbonyl (C=O) groups is 7. The number of fused-ring (bicyclic) bond motifs is 7. The van der Waals surface area contributed by atoms with E-state index >= 15 is 0 Å². The number of phenolic OH excluding ortho intramolecular Hbond substituents is 1. The van der Waals surface area contributed by atoms with Gasteiger partial charge in [-0.05, 0) is 42.8 Å². The largest absolute Gasteiger partial charge is 0.505 e. The monoisotopic (exact) mass is 2060 g/mol. The Morgan fingerprint density at radius 2 is 0.838 bits per heavy atom. The van der Waals surface area contributed by atoms with Gasteiger partial charge in [-0.25, -0.2) is 33.6 Å². The molecule has 800 valence electrons. The molecule has 2 aromatic heterocycles. The molecule has 7 amide bonds. The Bertz CT molecular complexity index is 4290. The van der Waals surface area contributed by atoms with Crippen LogP contribution in [0.1, 0.15) is 44.9 Å². The summed E-state index contributed by atoms with van der Waals surface area (Å²) in [6, 6.07) is 7.52. The quantitative estimate of drug-likeness (QED) is 0.0123. The minimum absolute atomic E-state index is 0.0237. The van der Waals surface area contributed by atoms with Crippen LogP contribution in [-0.4, -0.2) is 442 Å². The Labute approximate surface area is 804 Å². The lowest BCUT2D eigenvalue weighted by Crippen LogP contribution is -2.67. The second kappa shape index (κ2) is 56.7. The molecule has 47 nitrogen and oxygen atoms in total. The molecule has 14 N–H and O–H groups in total. The SMILES string of the molecule is O=C(CCOCC(COCCC(=O)NCCOCCOCCOCCOC[C@]12C[C@H](OO1)[C@H](NC(=O)C(F)(F)F)[C@@H](O)[C@H]2O)(COCCC(=O)NCCOCCOCCOCCOC[C@@]12COC(O1)[C@H](NC(=O)C(F)(F)F)[C@@H](O)[C@H]2O)NC(=O)CCCOc1ccc2nc(-c3cn(-c4ccc(O)c(F)c4)nn3)ccc2c1)NCCOCCOCCOCCOC[C@]12C[C@H](OO1)[C@H](NC(=O)C(F)(F)F)[C@@H](O)[C@H]2O. The molecule has 142 heavy (non-hydrogen) atoms. The summed E-state index contributed by atoms with van der Waals surface area (Å²) >= 11 is 0. The summed E-state index contributed by atoms with van der Waals surface area (Å²) in [6.07, 6.45) is -29.8.